The second-order valence-corrected chi connectivity index (χ2v) is 2.66. The molecule has 0 amide bonds. The Balaban J connectivity index is -0.000000138. The molecule has 0 aromatic carbocycles. The molecule has 0 bridgehead atoms. The van der Waals surface area contributed by atoms with Gasteiger partial charge in [0.15, 0.2) is 0 Å². The lowest BCUT2D eigenvalue weighted by Crippen LogP contribution is -2.17. The lowest BCUT2D eigenvalue weighted by molar-refractivity contribution is 0.354. The SMILES string of the molecule is CC.CC.CC(C)CN(C)C. The molecule has 0 aromatic rings. The van der Waals surface area contributed by atoms with Gasteiger partial charge >= 0.3 is 0 Å². The Morgan fingerprint density at radius 1 is 0.909 bits per heavy atom. The number of rotatable bonds is 2. The average molecular weight is 161 g/mol. The molecule has 0 unspecified atom stereocenters. The summed E-state index contributed by atoms with van der Waals surface area (Å²) >= 11 is 0. The van der Waals surface area contributed by atoms with Crippen LogP contribution in [-0.2, 0) is 0 Å². The van der Waals surface area contributed by atoms with Gasteiger partial charge in [0.2, 0.25) is 0 Å². The van der Waals surface area contributed by atoms with Crippen molar-refractivity contribution in [2.24, 2.45) is 5.92 Å². The van der Waals surface area contributed by atoms with Crippen LogP contribution in [-0.4, -0.2) is 25.5 Å². The second-order valence-electron chi connectivity index (χ2n) is 2.66. The molecule has 1 heteroatoms. The molecule has 0 aliphatic carbocycles. The van der Waals surface area contributed by atoms with Crippen LogP contribution in [0.25, 0.3) is 0 Å². The Morgan fingerprint density at radius 3 is 1.18 bits per heavy atom. The maximum Gasteiger partial charge on any atom is -0.000172 e. The number of hydrogen-bond acceptors (Lipinski definition) is 1. The minimum absolute atomic E-state index is 0.801. The van der Waals surface area contributed by atoms with Crippen LogP contribution in [0.1, 0.15) is 41.5 Å². The molecule has 0 aromatic heterocycles. The van der Waals surface area contributed by atoms with Crippen LogP contribution < -0.4 is 0 Å². The molecule has 0 rings (SSSR count). The zero-order valence-corrected chi connectivity index (χ0v) is 9.73. The standard InChI is InChI=1S/C6H15N.2C2H6/c1-6(2)5-7(3)4;2*1-2/h6H,5H2,1-4H3;2*1-2H3. The summed E-state index contributed by atoms with van der Waals surface area (Å²) in [7, 11) is 4.19. The summed E-state index contributed by atoms with van der Waals surface area (Å²) in [5.41, 5.74) is 0. The molecule has 0 N–H and O–H groups in total. The summed E-state index contributed by atoms with van der Waals surface area (Å²) in [6, 6.07) is 0. The lowest BCUT2D eigenvalue weighted by atomic mass is 10.2. The van der Waals surface area contributed by atoms with E-state index in [1.807, 2.05) is 27.7 Å². The maximum absolute atomic E-state index is 2.22. The van der Waals surface area contributed by atoms with Gasteiger partial charge in [-0.05, 0) is 26.6 Å². The largest absolute Gasteiger partial charge is 0.309 e. The summed E-state index contributed by atoms with van der Waals surface area (Å²) in [6.07, 6.45) is 0. The molecule has 0 saturated heterocycles. The minimum atomic E-state index is 0.801. The van der Waals surface area contributed by atoms with Crippen LogP contribution in [0.15, 0.2) is 0 Å². The fourth-order valence-corrected chi connectivity index (χ4v) is 0.730. The van der Waals surface area contributed by atoms with Crippen molar-refractivity contribution in [3.8, 4) is 0 Å². The van der Waals surface area contributed by atoms with Crippen LogP contribution in [0, 0.1) is 5.92 Å². The van der Waals surface area contributed by atoms with Gasteiger partial charge in [0.25, 0.3) is 0 Å². The van der Waals surface area contributed by atoms with Crippen molar-refractivity contribution in [1.29, 1.82) is 0 Å². The second kappa shape index (κ2) is 16.5. The van der Waals surface area contributed by atoms with Crippen molar-refractivity contribution >= 4 is 0 Å². The molecule has 0 spiro atoms. The van der Waals surface area contributed by atoms with E-state index >= 15 is 0 Å². The van der Waals surface area contributed by atoms with Gasteiger partial charge in [-0.25, -0.2) is 0 Å². The van der Waals surface area contributed by atoms with E-state index in [2.05, 4.69) is 32.8 Å². The highest BCUT2D eigenvalue weighted by Crippen LogP contribution is 1.90. The first-order chi connectivity index (χ1) is 5.13. The van der Waals surface area contributed by atoms with E-state index in [0.29, 0.717) is 0 Å². The fourth-order valence-electron chi connectivity index (χ4n) is 0.730. The third-order valence-corrected chi connectivity index (χ3v) is 0.730. The summed E-state index contributed by atoms with van der Waals surface area (Å²) in [5, 5.41) is 0. The molecule has 0 aliphatic heterocycles. The highest BCUT2D eigenvalue weighted by Gasteiger charge is 1.92. The van der Waals surface area contributed by atoms with Gasteiger partial charge in [-0.1, -0.05) is 41.5 Å². The Bertz CT molecular complexity index is 34.1. The molecule has 0 atom stereocenters. The smallest absolute Gasteiger partial charge is 0.000172 e. The maximum atomic E-state index is 2.22. The van der Waals surface area contributed by atoms with Crippen LogP contribution in [0.2, 0.25) is 0 Å². The summed E-state index contributed by atoms with van der Waals surface area (Å²) in [4.78, 5) is 2.20. The first kappa shape index (κ1) is 17.2. The van der Waals surface area contributed by atoms with Gasteiger partial charge < -0.3 is 4.90 Å². The zero-order valence-electron chi connectivity index (χ0n) is 9.73. The summed E-state index contributed by atoms with van der Waals surface area (Å²) < 4.78 is 0. The topological polar surface area (TPSA) is 3.24 Å². The van der Waals surface area contributed by atoms with Crippen LogP contribution in [0.3, 0.4) is 0 Å². The van der Waals surface area contributed by atoms with E-state index in [9.17, 15) is 0 Å². The molecule has 0 fully saturated rings. The van der Waals surface area contributed by atoms with Crippen molar-refractivity contribution < 1.29 is 0 Å². The molecule has 11 heavy (non-hydrogen) atoms. The minimum Gasteiger partial charge on any atom is -0.309 e. The first-order valence-electron chi connectivity index (χ1n) is 4.77. The van der Waals surface area contributed by atoms with Crippen molar-refractivity contribution in [2.45, 2.75) is 41.5 Å². The molecular formula is C10H27N. The normalized spacial score (nSPS) is 8.18. The molecule has 0 heterocycles. The average Bonchev–Trinajstić information content (AvgIpc) is 1.93. The van der Waals surface area contributed by atoms with Gasteiger partial charge in [-0.15, -0.1) is 0 Å². The quantitative estimate of drug-likeness (QED) is 0.601. The Hall–Kier alpha value is -0.0400. The lowest BCUT2D eigenvalue weighted by Gasteiger charge is -2.10. The highest BCUT2D eigenvalue weighted by molar-refractivity contribution is 4.46. The van der Waals surface area contributed by atoms with Gasteiger partial charge in [0.05, 0.1) is 0 Å². The predicted molar refractivity (Wildman–Crippen MR) is 56.1 cm³/mol. The monoisotopic (exact) mass is 161 g/mol. The van der Waals surface area contributed by atoms with Crippen LogP contribution in [0.4, 0.5) is 0 Å². The molecule has 0 radical (unpaired) electrons. The first-order valence-corrected chi connectivity index (χ1v) is 4.77. The Labute approximate surface area is 73.8 Å². The van der Waals surface area contributed by atoms with Crippen molar-refractivity contribution in [1.82, 2.24) is 4.90 Å². The third kappa shape index (κ3) is 40.2. The van der Waals surface area contributed by atoms with Gasteiger partial charge in [0, 0.05) is 0 Å². The van der Waals surface area contributed by atoms with Crippen LogP contribution in [0.5, 0.6) is 0 Å². The molecule has 72 valence electrons. The Morgan fingerprint density at radius 2 is 1.18 bits per heavy atom. The van der Waals surface area contributed by atoms with Crippen LogP contribution >= 0.6 is 0 Å². The molecule has 0 aliphatic rings. The number of nitrogens with zero attached hydrogens (tertiary/aromatic N) is 1. The summed E-state index contributed by atoms with van der Waals surface area (Å²) in [6.45, 7) is 13.6. The van der Waals surface area contributed by atoms with E-state index in [1.54, 1.807) is 0 Å². The van der Waals surface area contributed by atoms with Crippen molar-refractivity contribution in [2.75, 3.05) is 20.6 Å². The predicted octanol–water partition coefficient (Wildman–Crippen LogP) is 3.26. The van der Waals surface area contributed by atoms with E-state index in [-0.39, 0.29) is 0 Å². The molecule has 0 saturated carbocycles. The van der Waals surface area contributed by atoms with Crippen molar-refractivity contribution in [3.05, 3.63) is 0 Å². The fraction of sp³-hybridized carbons (Fsp3) is 1.00. The number of hydrogen-bond donors (Lipinski definition) is 0. The zero-order chi connectivity index (χ0) is 9.86. The van der Waals surface area contributed by atoms with Gasteiger partial charge in [-0.3, -0.25) is 0 Å². The van der Waals surface area contributed by atoms with E-state index in [0.717, 1.165) is 5.92 Å². The van der Waals surface area contributed by atoms with E-state index < -0.39 is 0 Å². The molecular weight excluding hydrogens is 134 g/mol. The summed E-state index contributed by atoms with van der Waals surface area (Å²) in [5.74, 6) is 0.801. The molecule has 1 nitrogen and oxygen atoms in total. The van der Waals surface area contributed by atoms with Crippen molar-refractivity contribution in [3.63, 3.8) is 0 Å². The van der Waals surface area contributed by atoms with E-state index in [4.69, 9.17) is 0 Å². The van der Waals surface area contributed by atoms with E-state index in [1.165, 1.54) is 6.54 Å². The van der Waals surface area contributed by atoms with Gasteiger partial charge in [0.1, 0.15) is 0 Å². The third-order valence-electron chi connectivity index (χ3n) is 0.730. The van der Waals surface area contributed by atoms with Gasteiger partial charge in [-0.2, -0.15) is 0 Å². The Kier molecular flexibility index (Phi) is 25.7. The highest BCUT2D eigenvalue weighted by atomic mass is 15.0.